The van der Waals surface area contributed by atoms with Crippen molar-refractivity contribution in [2.45, 2.75) is 12.8 Å². The van der Waals surface area contributed by atoms with Crippen molar-refractivity contribution in [3.05, 3.63) is 12.2 Å². The van der Waals surface area contributed by atoms with Crippen LogP contribution in [0.2, 0.25) is 0 Å². The molecule has 0 unspecified atom stereocenters. The maximum Gasteiger partial charge on any atom is 0.242 e. The topological polar surface area (TPSA) is 195 Å². The Hall–Kier alpha value is -4.09. The summed E-state index contributed by atoms with van der Waals surface area (Å²) in [4.78, 5) is 96.9. The first-order valence-corrected chi connectivity index (χ1v) is 15.0. The molecule has 0 aromatic carbocycles. The van der Waals surface area contributed by atoms with Gasteiger partial charge in [-0.1, -0.05) is 12.2 Å². The minimum Gasteiger partial charge on any atom is -0.383 e. The smallest absolute Gasteiger partial charge is 0.242 e. The average Bonchev–Trinajstić information content (AvgIpc) is 3.00. The summed E-state index contributed by atoms with van der Waals surface area (Å²) < 4.78 is 10.2. The fraction of sp³-hybridized carbons (Fsp3) is 0.690. The van der Waals surface area contributed by atoms with Gasteiger partial charge in [-0.15, -0.1) is 0 Å². The monoisotopic (exact) mass is 654 g/mol. The van der Waals surface area contributed by atoms with Gasteiger partial charge in [-0.05, 0) is 19.4 Å². The molecule has 0 atom stereocenters. The van der Waals surface area contributed by atoms with E-state index in [-0.39, 0.29) is 78.0 Å². The molecule has 1 aliphatic rings. The molecule has 1 rings (SSSR count). The molecule has 0 bridgehead atoms. The van der Waals surface area contributed by atoms with Gasteiger partial charge in [0, 0.05) is 55.0 Å². The van der Waals surface area contributed by atoms with E-state index in [4.69, 9.17) is 15.2 Å². The lowest BCUT2D eigenvalue weighted by Crippen LogP contribution is -2.51. The number of carbonyl (C=O) groups is 7. The second kappa shape index (κ2) is 21.6. The predicted molar refractivity (Wildman–Crippen MR) is 167 cm³/mol. The highest BCUT2D eigenvalue weighted by molar-refractivity contribution is 5.92. The van der Waals surface area contributed by atoms with Gasteiger partial charge in [-0.3, -0.25) is 33.6 Å². The molecule has 0 aromatic rings. The Morgan fingerprint density at radius 2 is 1.11 bits per heavy atom. The van der Waals surface area contributed by atoms with E-state index < -0.39 is 42.0 Å². The number of ether oxygens (including phenoxy) is 2. The molecule has 46 heavy (non-hydrogen) atoms. The van der Waals surface area contributed by atoms with E-state index in [1.807, 2.05) is 12.2 Å². The third-order valence-electron chi connectivity index (χ3n) is 7.08. The maximum atomic E-state index is 13.2. The first kappa shape index (κ1) is 39.9. The molecule has 0 radical (unpaired) electrons. The van der Waals surface area contributed by atoms with Gasteiger partial charge in [0.1, 0.15) is 0 Å². The number of methoxy groups -OCH3 is 2. The standard InChI is InChI=1S/C29H50N8O9/c1-32-18-28(43)36(12-14-45-4)21-26(41)34(3)20-29(44)37(13-15-46-5)22-25(40)33(2)19-27(42)35(17-23(30)38)11-9-7-6-8-10-31-16-24(32)39/h6-7,31H,8-22H2,1-5H3,(H2,30,38)/b7-6+. The third-order valence-corrected chi connectivity index (χ3v) is 7.08. The quantitative estimate of drug-likeness (QED) is 0.249. The summed E-state index contributed by atoms with van der Waals surface area (Å²) in [6.45, 7) is -1.03. The van der Waals surface area contributed by atoms with E-state index in [0.29, 0.717) is 19.4 Å². The number of primary amides is 1. The number of nitrogens with two attached hydrogens (primary N) is 1. The van der Waals surface area contributed by atoms with Crippen LogP contribution in [0.25, 0.3) is 0 Å². The number of nitrogens with one attached hydrogen (secondary N) is 1. The van der Waals surface area contributed by atoms with Gasteiger partial charge in [-0.25, -0.2) is 0 Å². The lowest BCUT2D eigenvalue weighted by Gasteiger charge is -2.29. The summed E-state index contributed by atoms with van der Waals surface area (Å²) in [6.07, 6.45) is 4.70. The summed E-state index contributed by atoms with van der Waals surface area (Å²) in [5, 5.41) is 3.01. The second-order valence-electron chi connectivity index (χ2n) is 10.9. The van der Waals surface area contributed by atoms with E-state index >= 15 is 0 Å². The van der Waals surface area contributed by atoms with Gasteiger partial charge < -0.3 is 49.9 Å². The maximum absolute atomic E-state index is 13.2. The van der Waals surface area contributed by atoms with Crippen LogP contribution in [-0.2, 0) is 43.0 Å². The van der Waals surface area contributed by atoms with E-state index in [2.05, 4.69) is 5.32 Å². The van der Waals surface area contributed by atoms with Crippen molar-refractivity contribution >= 4 is 41.4 Å². The van der Waals surface area contributed by atoms with Crippen molar-refractivity contribution in [1.29, 1.82) is 0 Å². The van der Waals surface area contributed by atoms with Crippen molar-refractivity contribution < 1.29 is 43.0 Å². The molecule has 3 N–H and O–H groups in total. The summed E-state index contributed by atoms with van der Waals surface area (Å²) >= 11 is 0. The lowest BCUT2D eigenvalue weighted by atomic mass is 10.3. The molecule has 17 heteroatoms. The first-order chi connectivity index (χ1) is 21.8. The van der Waals surface area contributed by atoms with Crippen LogP contribution in [0.1, 0.15) is 12.8 Å². The SMILES string of the molecule is COCCN1CC(=O)N(C)CC(=O)N(CCOC)CC(=O)N(C)CC(=O)N(CC(N)=O)CC/C=C/CCNCC(=O)N(C)CC1=O. The average molecular weight is 655 g/mol. The Morgan fingerprint density at radius 3 is 1.57 bits per heavy atom. The molecule has 1 heterocycles. The number of hydrogen-bond acceptors (Lipinski definition) is 10. The van der Waals surface area contributed by atoms with Gasteiger partial charge >= 0.3 is 0 Å². The highest BCUT2D eigenvalue weighted by atomic mass is 16.5. The number of carbonyl (C=O) groups excluding carboxylic acids is 7. The van der Waals surface area contributed by atoms with Crippen LogP contribution in [0.15, 0.2) is 12.2 Å². The minimum absolute atomic E-state index is 0.00777. The molecular formula is C29H50N8O9. The lowest BCUT2D eigenvalue weighted by molar-refractivity contribution is -0.147. The summed E-state index contributed by atoms with van der Waals surface area (Å²) in [5.41, 5.74) is 5.34. The van der Waals surface area contributed by atoms with E-state index in [9.17, 15) is 33.6 Å². The van der Waals surface area contributed by atoms with Crippen LogP contribution in [0, 0.1) is 0 Å². The van der Waals surface area contributed by atoms with Crippen LogP contribution in [0.3, 0.4) is 0 Å². The van der Waals surface area contributed by atoms with Crippen LogP contribution in [0.5, 0.6) is 0 Å². The first-order valence-electron chi connectivity index (χ1n) is 15.0. The zero-order valence-corrected chi connectivity index (χ0v) is 27.7. The van der Waals surface area contributed by atoms with Crippen molar-refractivity contribution in [2.24, 2.45) is 5.73 Å². The molecular weight excluding hydrogens is 604 g/mol. The largest absolute Gasteiger partial charge is 0.383 e. The molecule has 1 aliphatic heterocycles. The Kier molecular flexibility index (Phi) is 18.8. The van der Waals surface area contributed by atoms with E-state index in [1.54, 1.807) is 0 Å². The molecule has 0 fully saturated rings. The van der Waals surface area contributed by atoms with Crippen LogP contribution < -0.4 is 11.1 Å². The van der Waals surface area contributed by atoms with E-state index in [1.165, 1.54) is 55.0 Å². The summed E-state index contributed by atoms with van der Waals surface area (Å²) in [7, 11) is 7.19. The van der Waals surface area contributed by atoms with Gasteiger partial charge in [0.05, 0.1) is 59.0 Å². The molecule has 7 amide bonds. The fourth-order valence-electron chi connectivity index (χ4n) is 4.19. The normalized spacial score (nSPS) is 19.4. The van der Waals surface area contributed by atoms with Crippen molar-refractivity contribution in [3.8, 4) is 0 Å². The molecule has 17 nitrogen and oxygen atoms in total. The number of amides is 7. The number of nitrogens with zero attached hydrogens (tertiary/aromatic N) is 6. The Morgan fingerprint density at radius 1 is 0.674 bits per heavy atom. The third kappa shape index (κ3) is 15.3. The van der Waals surface area contributed by atoms with Crippen LogP contribution >= 0.6 is 0 Å². The Labute approximate surface area is 270 Å². The predicted octanol–water partition coefficient (Wildman–Crippen LogP) is -3.43. The molecule has 0 aromatic heterocycles. The van der Waals surface area contributed by atoms with Crippen LogP contribution in [-0.4, -0.2) is 191 Å². The zero-order valence-electron chi connectivity index (χ0n) is 27.7. The molecule has 260 valence electrons. The molecule has 0 spiro atoms. The zero-order chi connectivity index (χ0) is 34.6. The van der Waals surface area contributed by atoms with E-state index in [0.717, 1.165) is 9.80 Å². The fourth-order valence-corrected chi connectivity index (χ4v) is 4.19. The molecule has 0 aliphatic carbocycles. The molecule has 0 saturated carbocycles. The van der Waals surface area contributed by atoms with Gasteiger partial charge in [-0.2, -0.15) is 0 Å². The number of rotatable bonds is 8. The Balaban J connectivity index is 3.22. The Bertz CT molecular complexity index is 1090. The van der Waals surface area contributed by atoms with Crippen molar-refractivity contribution in [2.75, 3.05) is 121 Å². The van der Waals surface area contributed by atoms with Gasteiger partial charge in [0.25, 0.3) is 0 Å². The number of hydrogen-bond donors (Lipinski definition) is 2. The summed E-state index contributed by atoms with van der Waals surface area (Å²) in [6, 6.07) is 0. The minimum atomic E-state index is -0.701. The summed E-state index contributed by atoms with van der Waals surface area (Å²) in [5.74, 6) is -3.62. The van der Waals surface area contributed by atoms with Gasteiger partial charge in [0.2, 0.25) is 41.4 Å². The highest BCUT2D eigenvalue weighted by Crippen LogP contribution is 2.03. The van der Waals surface area contributed by atoms with Crippen molar-refractivity contribution in [3.63, 3.8) is 0 Å². The van der Waals surface area contributed by atoms with Crippen LogP contribution in [0.4, 0.5) is 0 Å². The highest BCUT2D eigenvalue weighted by Gasteiger charge is 2.27. The van der Waals surface area contributed by atoms with Gasteiger partial charge in [0.15, 0.2) is 0 Å². The van der Waals surface area contributed by atoms with Crippen molar-refractivity contribution in [1.82, 2.24) is 34.7 Å². The number of likely N-dealkylation sites (N-methyl/N-ethyl adjacent to an activating group) is 3. The second-order valence-corrected chi connectivity index (χ2v) is 10.9. The molecule has 0 saturated heterocycles.